The monoisotopic (exact) mass is 388 g/mol. The third-order valence-electron chi connectivity index (χ3n) is 4.79. The van der Waals surface area contributed by atoms with Crippen molar-refractivity contribution in [3.05, 3.63) is 89.5 Å². The average Bonchev–Trinajstić information content (AvgIpc) is 2.72. The van der Waals surface area contributed by atoms with Gasteiger partial charge in [-0.05, 0) is 69.4 Å². The lowest BCUT2D eigenvalue weighted by atomic mass is 10.1. The van der Waals surface area contributed by atoms with Gasteiger partial charge in [-0.15, -0.1) is 0 Å². The number of carbonyl (C=O) groups excluding carboxylic acids is 1. The number of para-hydroxylation sites is 2. The summed E-state index contributed by atoms with van der Waals surface area (Å²) >= 11 is 0. The number of hydrogen-bond donors (Lipinski definition) is 0. The molecule has 0 fully saturated rings. The van der Waals surface area contributed by atoms with E-state index >= 15 is 0 Å². The van der Waals surface area contributed by atoms with Crippen LogP contribution in [0.2, 0.25) is 0 Å². The van der Waals surface area contributed by atoms with Gasteiger partial charge >= 0.3 is 0 Å². The van der Waals surface area contributed by atoms with Crippen molar-refractivity contribution in [3.8, 4) is 11.5 Å². The lowest BCUT2D eigenvalue weighted by Gasteiger charge is -2.25. The minimum absolute atomic E-state index is 0.0370. The zero-order valence-corrected chi connectivity index (χ0v) is 17.6. The molecule has 0 atom stereocenters. The molecule has 0 saturated heterocycles. The maximum Gasteiger partial charge on any atom is 0.258 e. The fraction of sp³-hybridized carbons (Fsp3) is 0.240. The van der Waals surface area contributed by atoms with Gasteiger partial charge in [-0.25, -0.2) is 0 Å². The summed E-state index contributed by atoms with van der Waals surface area (Å²) in [5.41, 5.74) is 3.63. The zero-order chi connectivity index (χ0) is 20.8. The van der Waals surface area contributed by atoms with E-state index in [9.17, 15) is 4.79 Å². The Kier molecular flexibility index (Phi) is 6.68. The first-order valence-corrected chi connectivity index (χ1v) is 9.81. The van der Waals surface area contributed by atoms with E-state index < -0.39 is 0 Å². The summed E-state index contributed by atoms with van der Waals surface area (Å²) in [6.45, 7) is 5.43. The van der Waals surface area contributed by atoms with Gasteiger partial charge in [-0.3, -0.25) is 4.79 Å². The van der Waals surface area contributed by atoms with Crippen LogP contribution in [0.4, 0.5) is 5.69 Å². The highest BCUT2D eigenvalue weighted by atomic mass is 16.5. The predicted molar refractivity (Wildman–Crippen MR) is 119 cm³/mol. The fourth-order valence-electron chi connectivity index (χ4n) is 3.18. The number of hydrogen-bond acceptors (Lipinski definition) is 3. The normalized spacial score (nSPS) is 10.8. The van der Waals surface area contributed by atoms with Gasteiger partial charge in [0, 0.05) is 24.3 Å². The molecule has 4 nitrogen and oxygen atoms in total. The van der Waals surface area contributed by atoms with Crippen LogP contribution in [0.3, 0.4) is 0 Å². The Balaban J connectivity index is 1.88. The lowest BCUT2D eigenvalue weighted by Crippen LogP contribution is -2.36. The molecule has 0 aliphatic carbocycles. The first kappa shape index (κ1) is 20.6. The van der Waals surface area contributed by atoms with Crippen LogP contribution in [-0.2, 0) is 0 Å². The second kappa shape index (κ2) is 9.39. The van der Waals surface area contributed by atoms with Gasteiger partial charge in [-0.2, -0.15) is 0 Å². The highest BCUT2D eigenvalue weighted by Gasteiger charge is 2.18. The average molecular weight is 389 g/mol. The first-order chi connectivity index (χ1) is 14.0. The summed E-state index contributed by atoms with van der Waals surface area (Å²) in [6.07, 6.45) is 0. The van der Waals surface area contributed by atoms with Crippen molar-refractivity contribution in [3.63, 3.8) is 0 Å². The molecule has 0 bridgehead atoms. The molecule has 150 valence electrons. The van der Waals surface area contributed by atoms with E-state index in [4.69, 9.17) is 4.74 Å². The highest BCUT2D eigenvalue weighted by molar-refractivity contribution is 6.06. The molecule has 0 heterocycles. The summed E-state index contributed by atoms with van der Waals surface area (Å²) in [4.78, 5) is 17.2. The Bertz CT molecular complexity index is 947. The molecule has 0 N–H and O–H groups in total. The fourth-order valence-corrected chi connectivity index (χ4v) is 3.18. The van der Waals surface area contributed by atoms with Gasteiger partial charge in [0.25, 0.3) is 5.91 Å². The number of benzene rings is 3. The van der Waals surface area contributed by atoms with E-state index in [1.807, 2.05) is 106 Å². The molecule has 3 rings (SSSR count). The summed E-state index contributed by atoms with van der Waals surface area (Å²) in [6, 6.07) is 23.3. The second-order valence-corrected chi connectivity index (χ2v) is 7.45. The second-order valence-electron chi connectivity index (χ2n) is 7.45. The number of aryl methyl sites for hydroxylation is 2. The van der Waals surface area contributed by atoms with E-state index in [2.05, 4.69) is 4.90 Å². The Morgan fingerprint density at radius 2 is 1.48 bits per heavy atom. The van der Waals surface area contributed by atoms with Crippen molar-refractivity contribution in [2.24, 2.45) is 0 Å². The standard InChI is InChI=1S/C25H28N2O2/c1-19-10-8-11-20(2)24(19)29-23-15-9-12-21(18-23)25(28)27(17-16-26(3)4)22-13-6-5-7-14-22/h5-15,18H,16-17H2,1-4H3. The molecule has 0 aromatic heterocycles. The van der Waals surface area contributed by atoms with Crippen LogP contribution >= 0.6 is 0 Å². The Morgan fingerprint density at radius 1 is 0.828 bits per heavy atom. The topological polar surface area (TPSA) is 32.8 Å². The molecular formula is C25H28N2O2. The molecule has 29 heavy (non-hydrogen) atoms. The van der Waals surface area contributed by atoms with Gasteiger partial charge in [-0.1, -0.05) is 42.5 Å². The molecule has 3 aromatic carbocycles. The minimum Gasteiger partial charge on any atom is -0.457 e. The van der Waals surface area contributed by atoms with Crippen LogP contribution in [-0.4, -0.2) is 38.0 Å². The molecule has 0 saturated carbocycles. The lowest BCUT2D eigenvalue weighted by molar-refractivity contribution is 0.0985. The number of nitrogens with zero attached hydrogens (tertiary/aromatic N) is 2. The van der Waals surface area contributed by atoms with Gasteiger partial charge < -0.3 is 14.5 Å². The first-order valence-electron chi connectivity index (χ1n) is 9.81. The maximum atomic E-state index is 13.3. The number of likely N-dealkylation sites (N-methyl/N-ethyl adjacent to an activating group) is 1. The van der Waals surface area contributed by atoms with Crippen LogP contribution in [0.15, 0.2) is 72.8 Å². The van der Waals surface area contributed by atoms with E-state index in [1.54, 1.807) is 0 Å². The molecule has 0 radical (unpaired) electrons. The van der Waals surface area contributed by atoms with Gasteiger partial charge in [0.15, 0.2) is 0 Å². The molecule has 0 aliphatic rings. The summed E-state index contributed by atoms with van der Waals surface area (Å²) in [7, 11) is 4.01. The van der Waals surface area contributed by atoms with Crippen LogP contribution in [0.5, 0.6) is 11.5 Å². The molecule has 4 heteroatoms. The summed E-state index contributed by atoms with van der Waals surface area (Å²) in [5, 5.41) is 0. The third-order valence-corrected chi connectivity index (χ3v) is 4.79. The predicted octanol–water partition coefficient (Wildman–Crippen LogP) is 5.30. The van der Waals surface area contributed by atoms with Crippen molar-refractivity contribution in [2.75, 3.05) is 32.1 Å². The summed E-state index contributed by atoms with van der Waals surface area (Å²) < 4.78 is 6.14. The molecule has 1 amide bonds. The van der Waals surface area contributed by atoms with E-state index in [0.717, 1.165) is 29.1 Å². The van der Waals surface area contributed by atoms with Crippen molar-refractivity contribution in [2.45, 2.75) is 13.8 Å². The van der Waals surface area contributed by atoms with Crippen LogP contribution in [0.1, 0.15) is 21.5 Å². The number of ether oxygens (including phenoxy) is 1. The minimum atomic E-state index is -0.0370. The molecular weight excluding hydrogens is 360 g/mol. The largest absolute Gasteiger partial charge is 0.457 e. The smallest absolute Gasteiger partial charge is 0.258 e. The van der Waals surface area contributed by atoms with Crippen molar-refractivity contribution in [1.29, 1.82) is 0 Å². The van der Waals surface area contributed by atoms with Gasteiger partial charge in [0.2, 0.25) is 0 Å². The molecule has 3 aromatic rings. The zero-order valence-electron chi connectivity index (χ0n) is 17.6. The van der Waals surface area contributed by atoms with Crippen LogP contribution in [0.25, 0.3) is 0 Å². The Hall–Kier alpha value is -3.11. The quantitative estimate of drug-likeness (QED) is 0.550. The molecule has 0 unspecified atom stereocenters. The van der Waals surface area contributed by atoms with Crippen molar-refractivity contribution < 1.29 is 9.53 Å². The van der Waals surface area contributed by atoms with E-state index in [1.165, 1.54) is 0 Å². The maximum absolute atomic E-state index is 13.3. The number of anilines is 1. The highest BCUT2D eigenvalue weighted by Crippen LogP contribution is 2.29. The number of carbonyl (C=O) groups is 1. The number of amides is 1. The SMILES string of the molecule is Cc1cccc(C)c1Oc1cccc(C(=O)N(CCN(C)C)c2ccccc2)c1. The van der Waals surface area contributed by atoms with Crippen molar-refractivity contribution in [1.82, 2.24) is 4.90 Å². The van der Waals surface area contributed by atoms with Crippen LogP contribution in [0, 0.1) is 13.8 Å². The van der Waals surface area contributed by atoms with E-state index in [-0.39, 0.29) is 5.91 Å². The third kappa shape index (κ3) is 5.24. The van der Waals surface area contributed by atoms with Gasteiger partial charge in [0.1, 0.15) is 11.5 Å². The van der Waals surface area contributed by atoms with Crippen LogP contribution < -0.4 is 9.64 Å². The molecule has 0 spiro atoms. The number of rotatable bonds is 7. The Morgan fingerprint density at radius 3 is 2.14 bits per heavy atom. The van der Waals surface area contributed by atoms with Crippen molar-refractivity contribution >= 4 is 11.6 Å². The summed E-state index contributed by atoms with van der Waals surface area (Å²) in [5.74, 6) is 1.46. The molecule has 0 aliphatic heterocycles. The van der Waals surface area contributed by atoms with Gasteiger partial charge in [0.05, 0.1) is 0 Å². The Labute approximate surface area is 173 Å². The van der Waals surface area contributed by atoms with E-state index in [0.29, 0.717) is 17.9 Å².